The first-order valence-electron chi connectivity index (χ1n) is 6.60. The molecule has 1 aliphatic carbocycles. The zero-order valence-corrected chi connectivity index (χ0v) is 13.0. The van der Waals surface area contributed by atoms with Crippen LogP contribution in [0.3, 0.4) is 0 Å². The summed E-state index contributed by atoms with van der Waals surface area (Å²) in [5.41, 5.74) is 7.32. The second-order valence-corrected chi connectivity index (χ2v) is 5.82. The molecule has 0 radical (unpaired) electrons. The third kappa shape index (κ3) is 3.44. The van der Waals surface area contributed by atoms with Crippen molar-refractivity contribution in [1.29, 1.82) is 0 Å². The fourth-order valence-electron chi connectivity index (χ4n) is 2.60. The minimum Gasteiger partial charge on any atom is -0.399 e. The highest BCUT2D eigenvalue weighted by molar-refractivity contribution is 5.85. The average Bonchev–Trinajstić information content (AvgIpc) is 2.37. The largest absolute Gasteiger partial charge is 0.399 e. The van der Waals surface area contributed by atoms with E-state index < -0.39 is 0 Å². The van der Waals surface area contributed by atoms with E-state index in [1.807, 2.05) is 24.3 Å². The monoisotopic (exact) mass is 298 g/mol. The average molecular weight is 299 g/mol. The predicted molar refractivity (Wildman–Crippen MR) is 82.9 cm³/mol. The van der Waals surface area contributed by atoms with Crippen molar-refractivity contribution in [3.63, 3.8) is 0 Å². The Labute approximate surface area is 126 Å². The lowest BCUT2D eigenvalue weighted by atomic mass is 9.64. The molecule has 1 saturated carbocycles. The minimum absolute atomic E-state index is 0. The maximum atomic E-state index is 12.0. The lowest BCUT2D eigenvalue weighted by molar-refractivity contribution is -0.132. The van der Waals surface area contributed by atoms with Crippen LogP contribution in [0.5, 0.6) is 0 Å². The molecule has 1 aliphatic rings. The summed E-state index contributed by atoms with van der Waals surface area (Å²) in [7, 11) is 1.72. The lowest BCUT2D eigenvalue weighted by Crippen LogP contribution is -2.62. The molecule has 112 valence electrons. The van der Waals surface area contributed by atoms with Crippen LogP contribution >= 0.6 is 12.4 Å². The van der Waals surface area contributed by atoms with Gasteiger partial charge in [0.05, 0.1) is 12.5 Å². The van der Waals surface area contributed by atoms with E-state index >= 15 is 0 Å². The minimum atomic E-state index is 0. The number of benzene rings is 1. The second kappa shape index (κ2) is 6.46. The van der Waals surface area contributed by atoms with Gasteiger partial charge in [-0.3, -0.25) is 4.79 Å². The molecule has 0 spiro atoms. The van der Waals surface area contributed by atoms with E-state index in [0.29, 0.717) is 12.1 Å². The fraction of sp³-hybridized carbons (Fsp3) is 0.533. The number of halogens is 1. The summed E-state index contributed by atoms with van der Waals surface area (Å²) in [4.78, 5) is 12.0. The Hall–Kier alpha value is -1.26. The van der Waals surface area contributed by atoms with Crippen molar-refractivity contribution < 1.29 is 9.53 Å². The number of carbonyl (C=O) groups is 1. The number of carbonyl (C=O) groups excluding carboxylic acids is 1. The summed E-state index contributed by atoms with van der Waals surface area (Å²) in [5.74, 6) is 0.0531. The number of amides is 1. The van der Waals surface area contributed by atoms with Crippen molar-refractivity contribution in [3.8, 4) is 0 Å². The SMILES string of the molecule is COC1CC(NC(=O)Cc2ccc(N)cc2)C1(C)C.Cl. The molecule has 0 bridgehead atoms. The normalized spacial score (nSPS) is 23.4. The Morgan fingerprint density at radius 1 is 1.40 bits per heavy atom. The summed E-state index contributed by atoms with van der Waals surface area (Å²) >= 11 is 0. The van der Waals surface area contributed by atoms with E-state index in [1.165, 1.54) is 0 Å². The molecule has 0 heterocycles. The third-order valence-corrected chi connectivity index (χ3v) is 4.14. The van der Waals surface area contributed by atoms with Gasteiger partial charge in [0.2, 0.25) is 5.91 Å². The topological polar surface area (TPSA) is 64.3 Å². The van der Waals surface area contributed by atoms with Crippen LogP contribution in [0.15, 0.2) is 24.3 Å². The summed E-state index contributed by atoms with van der Waals surface area (Å²) in [6.07, 6.45) is 1.51. The molecule has 2 unspecified atom stereocenters. The van der Waals surface area contributed by atoms with E-state index in [9.17, 15) is 4.79 Å². The summed E-state index contributed by atoms with van der Waals surface area (Å²) in [6, 6.07) is 7.60. The van der Waals surface area contributed by atoms with Gasteiger partial charge in [-0.15, -0.1) is 12.4 Å². The molecule has 1 fully saturated rings. The summed E-state index contributed by atoms with van der Waals surface area (Å²) < 4.78 is 5.38. The smallest absolute Gasteiger partial charge is 0.224 e. The molecule has 1 amide bonds. The number of rotatable bonds is 4. The van der Waals surface area contributed by atoms with Gasteiger partial charge in [0.1, 0.15) is 0 Å². The predicted octanol–water partition coefficient (Wildman–Crippen LogP) is 2.16. The lowest BCUT2D eigenvalue weighted by Gasteiger charge is -2.51. The molecule has 1 aromatic carbocycles. The Morgan fingerprint density at radius 3 is 2.50 bits per heavy atom. The van der Waals surface area contributed by atoms with Crippen molar-refractivity contribution in [2.45, 2.75) is 38.8 Å². The Balaban J connectivity index is 0.00000200. The standard InChI is InChI=1S/C15H22N2O2.ClH/c1-15(2)12(9-13(15)19-3)17-14(18)8-10-4-6-11(16)7-5-10;/h4-7,12-13H,8-9,16H2,1-3H3,(H,17,18);1H. The number of nitrogen functional groups attached to an aromatic ring is 1. The highest BCUT2D eigenvalue weighted by atomic mass is 35.5. The first-order valence-corrected chi connectivity index (χ1v) is 6.60. The van der Waals surface area contributed by atoms with E-state index in [1.54, 1.807) is 7.11 Å². The number of nitrogens with two attached hydrogens (primary N) is 1. The van der Waals surface area contributed by atoms with Gasteiger partial charge < -0.3 is 15.8 Å². The van der Waals surface area contributed by atoms with Crippen LogP contribution in [0.1, 0.15) is 25.8 Å². The van der Waals surface area contributed by atoms with Crippen LogP contribution in [-0.2, 0) is 16.0 Å². The van der Waals surface area contributed by atoms with Gasteiger partial charge in [-0.1, -0.05) is 26.0 Å². The van der Waals surface area contributed by atoms with Gasteiger partial charge in [-0.05, 0) is 24.1 Å². The number of methoxy groups -OCH3 is 1. The summed E-state index contributed by atoms with van der Waals surface area (Å²) in [5, 5.41) is 3.08. The number of hydrogen-bond acceptors (Lipinski definition) is 3. The van der Waals surface area contributed by atoms with Crippen molar-refractivity contribution in [2.24, 2.45) is 5.41 Å². The first kappa shape index (κ1) is 16.8. The van der Waals surface area contributed by atoms with Crippen LogP contribution in [0.25, 0.3) is 0 Å². The highest BCUT2D eigenvalue weighted by Gasteiger charge is 2.49. The van der Waals surface area contributed by atoms with E-state index in [-0.39, 0.29) is 35.9 Å². The van der Waals surface area contributed by atoms with Crippen molar-refractivity contribution >= 4 is 24.0 Å². The van der Waals surface area contributed by atoms with Gasteiger partial charge in [-0.2, -0.15) is 0 Å². The molecule has 0 saturated heterocycles. The van der Waals surface area contributed by atoms with Crippen molar-refractivity contribution in [1.82, 2.24) is 5.32 Å². The van der Waals surface area contributed by atoms with Crippen molar-refractivity contribution in [3.05, 3.63) is 29.8 Å². The maximum absolute atomic E-state index is 12.0. The Bertz CT molecular complexity index is 459. The zero-order chi connectivity index (χ0) is 14.0. The molecular weight excluding hydrogens is 276 g/mol. The second-order valence-electron chi connectivity index (χ2n) is 5.82. The molecule has 0 aromatic heterocycles. The van der Waals surface area contributed by atoms with Gasteiger partial charge in [0.15, 0.2) is 0 Å². The number of hydrogen-bond donors (Lipinski definition) is 2. The van der Waals surface area contributed by atoms with Gasteiger partial charge in [-0.25, -0.2) is 0 Å². The number of ether oxygens (including phenoxy) is 1. The molecule has 3 N–H and O–H groups in total. The van der Waals surface area contributed by atoms with Crippen LogP contribution < -0.4 is 11.1 Å². The molecule has 2 rings (SSSR count). The molecule has 0 aliphatic heterocycles. The van der Waals surface area contributed by atoms with E-state index in [4.69, 9.17) is 10.5 Å². The van der Waals surface area contributed by atoms with Gasteiger partial charge in [0.25, 0.3) is 0 Å². The quantitative estimate of drug-likeness (QED) is 0.837. The molecule has 20 heavy (non-hydrogen) atoms. The number of nitrogens with one attached hydrogen (secondary N) is 1. The van der Waals surface area contributed by atoms with E-state index in [2.05, 4.69) is 19.2 Å². The third-order valence-electron chi connectivity index (χ3n) is 4.14. The molecule has 5 heteroatoms. The van der Waals surface area contributed by atoms with Crippen LogP contribution in [0.2, 0.25) is 0 Å². The van der Waals surface area contributed by atoms with Crippen LogP contribution in [0.4, 0.5) is 5.69 Å². The maximum Gasteiger partial charge on any atom is 0.224 e. The van der Waals surface area contributed by atoms with Crippen LogP contribution in [0, 0.1) is 5.41 Å². The van der Waals surface area contributed by atoms with Crippen molar-refractivity contribution in [2.75, 3.05) is 12.8 Å². The molecular formula is C15H23ClN2O2. The molecule has 4 nitrogen and oxygen atoms in total. The fourth-order valence-corrected chi connectivity index (χ4v) is 2.60. The Kier molecular flexibility index (Phi) is 5.42. The van der Waals surface area contributed by atoms with Gasteiger partial charge >= 0.3 is 0 Å². The Morgan fingerprint density at radius 2 is 2.00 bits per heavy atom. The van der Waals surface area contributed by atoms with Gasteiger partial charge in [0, 0.05) is 24.3 Å². The highest BCUT2D eigenvalue weighted by Crippen LogP contribution is 2.42. The van der Waals surface area contributed by atoms with Crippen LogP contribution in [-0.4, -0.2) is 25.2 Å². The first-order chi connectivity index (χ1) is 8.93. The van der Waals surface area contributed by atoms with E-state index in [0.717, 1.165) is 12.0 Å². The molecule has 1 aromatic rings. The molecule has 2 atom stereocenters. The summed E-state index contributed by atoms with van der Waals surface area (Å²) in [6.45, 7) is 4.25. The zero-order valence-electron chi connectivity index (χ0n) is 12.2. The number of anilines is 1.